The molecule has 0 unspecified atom stereocenters. The summed E-state index contributed by atoms with van der Waals surface area (Å²) in [6, 6.07) is 26.4. The molecule has 3 aromatic rings. The third-order valence-corrected chi connectivity index (χ3v) is 4.11. The summed E-state index contributed by atoms with van der Waals surface area (Å²) in [5.74, 6) is 1.65. The summed E-state index contributed by atoms with van der Waals surface area (Å²) >= 11 is 0. The highest BCUT2D eigenvalue weighted by Gasteiger charge is 2.05. The molecule has 3 rings (SSSR count). The van der Waals surface area contributed by atoms with Crippen LogP contribution in [0, 0.1) is 0 Å². The normalized spacial score (nSPS) is 10.5. The molecule has 3 heteroatoms. The van der Waals surface area contributed by atoms with E-state index < -0.39 is 0 Å². The third-order valence-electron chi connectivity index (χ3n) is 4.11. The summed E-state index contributed by atoms with van der Waals surface area (Å²) in [6.07, 6.45) is 1.86. The molecule has 0 amide bonds. The zero-order valence-electron chi connectivity index (χ0n) is 14.9. The van der Waals surface area contributed by atoms with Crippen LogP contribution in [0.25, 0.3) is 0 Å². The molecule has 0 fully saturated rings. The van der Waals surface area contributed by atoms with Gasteiger partial charge >= 0.3 is 0 Å². The number of ether oxygens (including phenoxy) is 2. The smallest absolute Gasteiger partial charge is 0.123 e. The van der Waals surface area contributed by atoms with Crippen molar-refractivity contribution in [3.63, 3.8) is 0 Å². The van der Waals surface area contributed by atoms with E-state index in [0.29, 0.717) is 19.8 Å². The minimum absolute atomic E-state index is 0.541. The molecule has 3 aromatic carbocycles. The first-order chi connectivity index (χ1) is 12.8. The Morgan fingerprint density at radius 1 is 0.615 bits per heavy atom. The van der Waals surface area contributed by atoms with Crippen LogP contribution in [-0.2, 0) is 19.6 Å². The Kier molecular flexibility index (Phi) is 6.68. The molecule has 0 aliphatic heterocycles. The van der Waals surface area contributed by atoms with Gasteiger partial charge in [0.05, 0.1) is 0 Å². The maximum Gasteiger partial charge on any atom is 0.123 e. The molecule has 26 heavy (non-hydrogen) atoms. The maximum atomic E-state index is 5.99. The summed E-state index contributed by atoms with van der Waals surface area (Å²) in [6.45, 7) is 1.76. The van der Waals surface area contributed by atoms with Gasteiger partial charge in [0, 0.05) is 6.07 Å². The van der Waals surface area contributed by atoms with Gasteiger partial charge in [-0.05, 0) is 48.2 Å². The Bertz CT molecular complexity index is 726. The van der Waals surface area contributed by atoms with Crippen molar-refractivity contribution in [2.75, 3.05) is 6.54 Å². The van der Waals surface area contributed by atoms with Gasteiger partial charge in [-0.15, -0.1) is 0 Å². The second-order valence-electron chi connectivity index (χ2n) is 6.25. The van der Waals surface area contributed by atoms with Crippen molar-refractivity contribution >= 4 is 0 Å². The first kappa shape index (κ1) is 18.0. The molecule has 134 valence electrons. The van der Waals surface area contributed by atoms with Crippen molar-refractivity contribution in [1.82, 2.24) is 0 Å². The number of hydrogen-bond donors (Lipinski definition) is 1. The summed E-state index contributed by atoms with van der Waals surface area (Å²) < 4.78 is 12.0. The van der Waals surface area contributed by atoms with Crippen LogP contribution in [0.4, 0.5) is 0 Å². The minimum atomic E-state index is 0.541. The second-order valence-corrected chi connectivity index (χ2v) is 6.25. The quantitative estimate of drug-likeness (QED) is 0.608. The number of nitrogens with two attached hydrogens (primary N) is 1. The molecule has 0 aliphatic rings. The largest absolute Gasteiger partial charge is 0.489 e. The van der Waals surface area contributed by atoms with Crippen LogP contribution in [0.15, 0.2) is 78.9 Å². The fourth-order valence-electron chi connectivity index (χ4n) is 2.73. The average molecular weight is 347 g/mol. The standard InChI is InChI=1S/C23H25NO2/c24-13-7-12-21-14-22(25-17-19-8-3-1-4-9-19)16-23(15-21)26-18-20-10-5-2-6-11-20/h1-6,8-11,14-16H,7,12-13,17-18,24H2. The lowest BCUT2D eigenvalue weighted by atomic mass is 10.1. The van der Waals surface area contributed by atoms with Gasteiger partial charge in [-0.1, -0.05) is 60.7 Å². The lowest BCUT2D eigenvalue weighted by Crippen LogP contribution is -2.02. The number of benzene rings is 3. The molecule has 0 bridgehead atoms. The van der Waals surface area contributed by atoms with Crippen LogP contribution in [0.1, 0.15) is 23.1 Å². The first-order valence-corrected chi connectivity index (χ1v) is 9.01. The molecule has 0 saturated heterocycles. The highest BCUT2D eigenvalue weighted by Crippen LogP contribution is 2.25. The van der Waals surface area contributed by atoms with Crippen LogP contribution >= 0.6 is 0 Å². The first-order valence-electron chi connectivity index (χ1n) is 9.01. The van der Waals surface area contributed by atoms with Crippen molar-refractivity contribution in [3.8, 4) is 11.5 Å². The van der Waals surface area contributed by atoms with Gasteiger partial charge in [0.1, 0.15) is 24.7 Å². The van der Waals surface area contributed by atoms with Crippen molar-refractivity contribution in [3.05, 3.63) is 95.6 Å². The Balaban J connectivity index is 1.70. The van der Waals surface area contributed by atoms with E-state index in [1.54, 1.807) is 0 Å². The summed E-state index contributed by atoms with van der Waals surface area (Å²) in [7, 11) is 0. The van der Waals surface area contributed by atoms with Gasteiger partial charge in [-0.25, -0.2) is 0 Å². The predicted octanol–water partition coefficient (Wildman–Crippen LogP) is 4.74. The minimum Gasteiger partial charge on any atom is -0.489 e. The maximum absolute atomic E-state index is 5.99. The van der Waals surface area contributed by atoms with Crippen LogP contribution in [0.3, 0.4) is 0 Å². The fourth-order valence-corrected chi connectivity index (χ4v) is 2.73. The van der Waals surface area contributed by atoms with Gasteiger partial charge in [0.15, 0.2) is 0 Å². The lowest BCUT2D eigenvalue weighted by Gasteiger charge is -2.13. The van der Waals surface area contributed by atoms with Gasteiger partial charge in [-0.2, -0.15) is 0 Å². The molecular formula is C23H25NO2. The molecule has 0 atom stereocenters. The van der Waals surface area contributed by atoms with Crippen molar-refractivity contribution < 1.29 is 9.47 Å². The van der Waals surface area contributed by atoms with E-state index in [-0.39, 0.29) is 0 Å². The summed E-state index contributed by atoms with van der Waals surface area (Å²) in [5, 5.41) is 0. The number of rotatable bonds is 9. The average Bonchev–Trinajstić information content (AvgIpc) is 2.71. The molecule has 0 radical (unpaired) electrons. The molecule has 0 aromatic heterocycles. The van der Waals surface area contributed by atoms with Gasteiger partial charge in [0.2, 0.25) is 0 Å². The van der Waals surface area contributed by atoms with Crippen LogP contribution in [0.2, 0.25) is 0 Å². The van der Waals surface area contributed by atoms with Gasteiger partial charge in [0.25, 0.3) is 0 Å². The van der Waals surface area contributed by atoms with E-state index in [1.807, 2.05) is 42.5 Å². The molecule has 0 heterocycles. The van der Waals surface area contributed by atoms with E-state index in [4.69, 9.17) is 15.2 Å². The second kappa shape index (κ2) is 9.64. The highest BCUT2D eigenvalue weighted by molar-refractivity contribution is 5.39. The molecule has 0 aliphatic carbocycles. The van der Waals surface area contributed by atoms with Gasteiger partial charge in [-0.3, -0.25) is 0 Å². The Labute approximate surface area is 155 Å². The van der Waals surface area contributed by atoms with Gasteiger partial charge < -0.3 is 15.2 Å². The van der Waals surface area contributed by atoms with E-state index in [9.17, 15) is 0 Å². The monoisotopic (exact) mass is 347 g/mol. The third kappa shape index (κ3) is 5.64. The van der Waals surface area contributed by atoms with Crippen molar-refractivity contribution in [1.29, 1.82) is 0 Å². The summed E-state index contributed by atoms with van der Waals surface area (Å²) in [4.78, 5) is 0. The van der Waals surface area contributed by atoms with E-state index >= 15 is 0 Å². The predicted molar refractivity (Wildman–Crippen MR) is 105 cm³/mol. The Morgan fingerprint density at radius 3 is 1.58 bits per heavy atom. The fraction of sp³-hybridized carbons (Fsp3) is 0.217. The zero-order chi connectivity index (χ0) is 18.0. The Hall–Kier alpha value is -2.78. The number of aryl methyl sites for hydroxylation is 1. The molecule has 3 nitrogen and oxygen atoms in total. The van der Waals surface area contributed by atoms with Crippen LogP contribution < -0.4 is 15.2 Å². The summed E-state index contributed by atoms with van der Waals surface area (Å²) in [5.41, 5.74) is 9.13. The van der Waals surface area contributed by atoms with Crippen LogP contribution in [0.5, 0.6) is 11.5 Å². The van der Waals surface area contributed by atoms with Crippen molar-refractivity contribution in [2.45, 2.75) is 26.1 Å². The van der Waals surface area contributed by atoms with E-state index in [1.165, 1.54) is 5.56 Å². The van der Waals surface area contributed by atoms with E-state index in [0.717, 1.165) is 35.5 Å². The van der Waals surface area contributed by atoms with Crippen molar-refractivity contribution in [2.24, 2.45) is 5.73 Å². The highest BCUT2D eigenvalue weighted by atomic mass is 16.5. The molecule has 2 N–H and O–H groups in total. The molecular weight excluding hydrogens is 322 g/mol. The Morgan fingerprint density at radius 2 is 1.12 bits per heavy atom. The lowest BCUT2D eigenvalue weighted by molar-refractivity contribution is 0.289. The topological polar surface area (TPSA) is 44.5 Å². The molecule has 0 saturated carbocycles. The van der Waals surface area contributed by atoms with E-state index in [2.05, 4.69) is 36.4 Å². The zero-order valence-corrected chi connectivity index (χ0v) is 14.9. The van der Waals surface area contributed by atoms with Crippen LogP contribution in [-0.4, -0.2) is 6.54 Å². The number of hydrogen-bond acceptors (Lipinski definition) is 3. The molecule has 0 spiro atoms. The SMILES string of the molecule is NCCCc1cc(OCc2ccccc2)cc(OCc2ccccc2)c1.